The molecule has 0 fully saturated rings. The van der Waals surface area contributed by atoms with Gasteiger partial charge in [-0.1, -0.05) is 64.1 Å². The van der Waals surface area contributed by atoms with Gasteiger partial charge in [-0.3, -0.25) is 4.79 Å². The van der Waals surface area contributed by atoms with Gasteiger partial charge < -0.3 is 0 Å². The highest BCUT2D eigenvalue weighted by Gasteiger charge is 2.07. The van der Waals surface area contributed by atoms with E-state index >= 15 is 0 Å². The van der Waals surface area contributed by atoms with Crippen molar-refractivity contribution < 1.29 is 4.79 Å². The number of rotatable bonds is 9. The van der Waals surface area contributed by atoms with Crippen LogP contribution in [0, 0.1) is 5.92 Å². The van der Waals surface area contributed by atoms with Crippen LogP contribution in [0.4, 0.5) is 0 Å². The summed E-state index contributed by atoms with van der Waals surface area (Å²) in [6.07, 6.45) is 9.23. The first kappa shape index (κ1) is 15.0. The van der Waals surface area contributed by atoms with Gasteiger partial charge in [-0.2, -0.15) is 0 Å². The van der Waals surface area contributed by atoms with Crippen LogP contribution in [0.15, 0.2) is 0 Å². The topological polar surface area (TPSA) is 17.1 Å². The second-order valence-electron chi connectivity index (χ2n) is 4.28. The van der Waals surface area contributed by atoms with E-state index in [9.17, 15) is 4.79 Å². The van der Waals surface area contributed by atoms with Crippen LogP contribution in [-0.4, -0.2) is 10.9 Å². The summed E-state index contributed by atoms with van der Waals surface area (Å²) in [5, 5.41) is 0.263. The second kappa shape index (κ2) is 10.5. The van der Waals surface area contributed by atoms with Crippen LogP contribution >= 0.6 is 11.8 Å². The summed E-state index contributed by atoms with van der Waals surface area (Å²) in [5.74, 6) is 1.87. The molecule has 0 spiro atoms. The average Bonchev–Trinajstić information content (AvgIpc) is 2.17. The zero-order valence-corrected chi connectivity index (χ0v) is 11.4. The molecule has 1 atom stereocenters. The summed E-state index contributed by atoms with van der Waals surface area (Å²) in [5.41, 5.74) is 0. The summed E-state index contributed by atoms with van der Waals surface area (Å²) in [4.78, 5) is 10.8. The van der Waals surface area contributed by atoms with E-state index in [4.69, 9.17) is 0 Å². The Morgan fingerprint density at radius 2 is 1.80 bits per heavy atom. The minimum atomic E-state index is 0.263. The zero-order chi connectivity index (χ0) is 11.5. The lowest BCUT2D eigenvalue weighted by Crippen LogP contribution is -2.02. The Hall–Kier alpha value is 0.0200. The van der Waals surface area contributed by atoms with Crippen molar-refractivity contribution >= 4 is 16.9 Å². The Labute approximate surface area is 99.4 Å². The molecule has 0 aromatic heterocycles. The first-order chi connectivity index (χ1) is 7.20. The summed E-state index contributed by atoms with van der Waals surface area (Å²) in [6, 6.07) is 0. The van der Waals surface area contributed by atoms with Gasteiger partial charge in [0.05, 0.1) is 0 Å². The van der Waals surface area contributed by atoms with E-state index < -0.39 is 0 Å². The Morgan fingerprint density at radius 1 is 1.07 bits per heavy atom. The molecule has 0 saturated heterocycles. The molecule has 0 aliphatic heterocycles. The standard InChI is InChI=1S/C13H26OS/c1-4-6-7-9-13(8-5-2)10-11-15-12(3)14/h13H,4-11H2,1-3H3. The lowest BCUT2D eigenvalue weighted by molar-refractivity contribution is -0.109. The molecule has 0 N–H and O–H groups in total. The molecule has 0 aliphatic carbocycles. The van der Waals surface area contributed by atoms with Crippen molar-refractivity contribution in [3.05, 3.63) is 0 Å². The molecule has 2 heteroatoms. The molecule has 90 valence electrons. The normalized spacial score (nSPS) is 12.7. The first-order valence-electron chi connectivity index (χ1n) is 6.34. The number of hydrogen-bond acceptors (Lipinski definition) is 2. The van der Waals surface area contributed by atoms with Crippen molar-refractivity contribution in [1.82, 2.24) is 0 Å². The fourth-order valence-corrected chi connectivity index (χ4v) is 2.63. The van der Waals surface area contributed by atoms with Crippen molar-refractivity contribution in [2.75, 3.05) is 5.75 Å². The fraction of sp³-hybridized carbons (Fsp3) is 0.923. The molecule has 1 unspecified atom stereocenters. The van der Waals surface area contributed by atoms with Gasteiger partial charge in [0.1, 0.15) is 0 Å². The molecule has 0 aromatic carbocycles. The lowest BCUT2D eigenvalue weighted by Gasteiger charge is -2.14. The number of thioether (sulfide) groups is 1. The van der Waals surface area contributed by atoms with Crippen molar-refractivity contribution in [2.24, 2.45) is 5.92 Å². The van der Waals surface area contributed by atoms with Crippen molar-refractivity contribution in [3.63, 3.8) is 0 Å². The molecule has 0 amide bonds. The van der Waals surface area contributed by atoms with Crippen molar-refractivity contribution in [2.45, 2.75) is 65.7 Å². The highest BCUT2D eigenvalue weighted by Crippen LogP contribution is 2.21. The molecule has 0 heterocycles. The second-order valence-corrected chi connectivity index (χ2v) is 5.55. The molecule has 0 radical (unpaired) electrons. The summed E-state index contributed by atoms with van der Waals surface area (Å²) in [6.45, 7) is 6.17. The molecule has 0 aliphatic rings. The maximum atomic E-state index is 10.8. The van der Waals surface area contributed by atoms with E-state index in [2.05, 4.69) is 13.8 Å². The highest BCUT2D eigenvalue weighted by molar-refractivity contribution is 8.13. The number of carbonyl (C=O) groups is 1. The fourth-order valence-electron chi connectivity index (χ4n) is 1.89. The summed E-state index contributed by atoms with van der Waals surface area (Å²) in [7, 11) is 0. The maximum absolute atomic E-state index is 10.8. The third-order valence-corrected chi connectivity index (χ3v) is 3.59. The summed E-state index contributed by atoms with van der Waals surface area (Å²) < 4.78 is 0. The third kappa shape index (κ3) is 10.3. The largest absolute Gasteiger partial charge is 0.288 e. The van der Waals surface area contributed by atoms with E-state index in [1.54, 1.807) is 6.92 Å². The van der Waals surface area contributed by atoms with Gasteiger partial charge in [-0.15, -0.1) is 0 Å². The minimum absolute atomic E-state index is 0.263. The Balaban J connectivity index is 3.57. The predicted octanol–water partition coefficient (Wildman–Crippen LogP) is 4.65. The van der Waals surface area contributed by atoms with Crippen LogP contribution in [0.25, 0.3) is 0 Å². The van der Waals surface area contributed by atoms with Gasteiger partial charge >= 0.3 is 0 Å². The molecular weight excluding hydrogens is 204 g/mol. The van der Waals surface area contributed by atoms with Crippen LogP contribution in [0.3, 0.4) is 0 Å². The highest BCUT2D eigenvalue weighted by atomic mass is 32.2. The van der Waals surface area contributed by atoms with Crippen LogP contribution in [0.2, 0.25) is 0 Å². The Morgan fingerprint density at radius 3 is 2.33 bits per heavy atom. The van der Waals surface area contributed by atoms with Crippen LogP contribution in [-0.2, 0) is 4.79 Å². The SMILES string of the molecule is CCCCCC(CCC)CCSC(C)=O. The predicted molar refractivity (Wildman–Crippen MR) is 70.3 cm³/mol. The van der Waals surface area contributed by atoms with Gasteiger partial charge in [-0.05, 0) is 12.3 Å². The van der Waals surface area contributed by atoms with Crippen LogP contribution in [0.1, 0.15) is 65.7 Å². The molecule has 0 aromatic rings. The van der Waals surface area contributed by atoms with Gasteiger partial charge in [0.2, 0.25) is 0 Å². The minimum Gasteiger partial charge on any atom is -0.288 e. The molecule has 0 saturated carbocycles. The lowest BCUT2D eigenvalue weighted by atomic mass is 9.94. The van der Waals surface area contributed by atoms with Gasteiger partial charge in [-0.25, -0.2) is 0 Å². The maximum Gasteiger partial charge on any atom is 0.185 e. The van der Waals surface area contributed by atoms with Crippen molar-refractivity contribution in [1.29, 1.82) is 0 Å². The van der Waals surface area contributed by atoms with Gasteiger partial charge in [0.15, 0.2) is 5.12 Å². The molecule has 15 heavy (non-hydrogen) atoms. The number of hydrogen-bond donors (Lipinski definition) is 0. The van der Waals surface area contributed by atoms with Crippen LogP contribution < -0.4 is 0 Å². The van der Waals surface area contributed by atoms with Gasteiger partial charge in [0.25, 0.3) is 0 Å². The van der Waals surface area contributed by atoms with Gasteiger partial charge in [0, 0.05) is 12.7 Å². The van der Waals surface area contributed by atoms with E-state index in [0.29, 0.717) is 0 Å². The quantitative estimate of drug-likeness (QED) is 0.536. The third-order valence-electron chi connectivity index (χ3n) is 2.74. The zero-order valence-electron chi connectivity index (χ0n) is 10.6. The monoisotopic (exact) mass is 230 g/mol. The molecular formula is C13H26OS. The smallest absolute Gasteiger partial charge is 0.185 e. The Bertz CT molecular complexity index is 157. The van der Waals surface area contributed by atoms with E-state index in [-0.39, 0.29) is 5.12 Å². The molecule has 1 nitrogen and oxygen atoms in total. The van der Waals surface area contributed by atoms with Crippen molar-refractivity contribution in [3.8, 4) is 0 Å². The number of carbonyl (C=O) groups excluding carboxylic acids is 1. The van der Waals surface area contributed by atoms with E-state index in [0.717, 1.165) is 11.7 Å². The summed E-state index contributed by atoms with van der Waals surface area (Å²) >= 11 is 1.49. The van der Waals surface area contributed by atoms with Crippen LogP contribution in [0.5, 0.6) is 0 Å². The Kier molecular flexibility index (Phi) is 10.5. The van der Waals surface area contributed by atoms with E-state index in [1.807, 2.05) is 0 Å². The first-order valence-corrected chi connectivity index (χ1v) is 7.32. The molecule has 0 rings (SSSR count). The average molecular weight is 230 g/mol. The number of unbranched alkanes of at least 4 members (excludes halogenated alkanes) is 2. The molecule has 0 bridgehead atoms. The van der Waals surface area contributed by atoms with E-state index in [1.165, 1.54) is 56.7 Å².